The van der Waals surface area contributed by atoms with Crippen LogP contribution in [0.15, 0.2) is 56.9 Å². The van der Waals surface area contributed by atoms with Gasteiger partial charge in [-0.1, -0.05) is 43.5 Å². The molecule has 2 unspecified atom stereocenters. The van der Waals surface area contributed by atoms with Crippen molar-refractivity contribution in [2.45, 2.75) is 26.4 Å². The van der Waals surface area contributed by atoms with Crippen LogP contribution in [0.2, 0.25) is 5.02 Å². The smallest absolute Gasteiger partial charge is 0.347 e. The summed E-state index contributed by atoms with van der Waals surface area (Å²) in [5, 5.41) is 5.15. The van der Waals surface area contributed by atoms with E-state index in [0.29, 0.717) is 10.4 Å². The van der Waals surface area contributed by atoms with Gasteiger partial charge in [0.1, 0.15) is 0 Å². The van der Waals surface area contributed by atoms with Crippen LogP contribution in [0.4, 0.5) is 0 Å². The number of carbonyl (C=O) groups excluding carboxylic acids is 2. The third kappa shape index (κ3) is 7.51. The van der Waals surface area contributed by atoms with E-state index in [-0.39, 0.29) is 5.56 Å². The van der Waals surface area contributed by atoms with Gasteiger partial charge in [-0.15, -0.1) is 11.3 Å². The van der Waals surface area contributed by atoms with Crippen molar-refractivity contribution < 1.29 is 28.3 Å². The molecule has 0 aliphatic carbocycles. The molecule has 0 bridgehead atoms. The van der Waals surface area contributed by atoms with Gasteiger partial charge in [-0.25, -0.2) is 0 Å². The van der Waals surface area contributed by atoms with Crippen molar-refractivity contribution in [1.82, 2.24) is 5.32 Å². The summed E-state index contributed by atoms with van der Waals surface area (Å²) in [6.07, 6.45) is 3.02. The number of hydrogen-bond acceptors (Lipinski definition) is 6. The molecule has 2 atom stereocenters. The van der Waals surface area contributed by atoms with E-state index in [9.17, 15) is 19.0 Å². The maximum atomic E-state index is 13.4. The Morgan fingerprint density at radius 2 is 1.86 bits per heavy atom. The molecule has 0 radical (unpaired) electrons. The average molecular weight is 680 g/mol. The van der Waals surface area contributed by atoms with Gasteiger partial charge in [0, 0.05) is 24.9 Å². The third-order valence-electron chi connectivity index (χ3n) is 4.86. The first-order valence-corrected chi connectivity index (χ1v) is 15.0. The van der Waals surface area contributed by atoms with Gasteiger partial charge in [-0.3, -0.25) is 18.7 Å². The van der Waals surface area contributed by atoms with Crippen LogP contribution >= 0.6 is 62.4 Å². The van der Waals surface area contributed by atoms with Crippen LogP contribution in [0.3, 0.4) is 0 Å². The van der Waals surface area contributed by atoms with E-state index in [1.54, 1.807) is 50.4 Å². The first kappa shape index (κ1) is 29.0. The number of thiophene rings is 1. The first-order chi connectivity index (χ1) is 16.8. The van der Waals surface area contributed by atoms with Gasteiger partial charge in [0.15, 0.2) is 5.66 Å². The molecule has 2 N–H and O–H groups in total. The van der Waals surface area contributed by atoms with Gasteiger partial charge in [0.05, 0.1) is 5.41 Å². The van der Waals surface area contributed by atoms with Crippen molar-refractivity contribution in [3.8, 4) is 0 Å². The van der Waals surface area contributed by atoms with Crippen molar-refractivity contribution in [2.75, 3.05) is 6.79 Å². The summed E-state index contributed by atoms with van der Waals surface area (Å²) in [4.78, 5) is 36.2. The average Bonchev–Trinajstić information content (AvgIpc) is 3.14. The summed E-state index contributed by atoms with van der Waals surface area (Å²) in [5.41, 5.74) is -1.37. The third-order valence-corrected chi connectivity index (χ3v) is 8.63. The van der Waals surface area contributed by atoms with Gasteiger partial charge in [0.25, 0.3) is 0 Å². The summed E-state index contributed by atoms with van der Waals surface area (Å²) in [7, 11) is -4.68. The molecule has 0 aliphatic rings. The van der Waals surface area contributed by atoms with Crippen LogP contribution in [0.25, 0.3) is 16.2 Å². The standard InChI is InChI=1S/C24H23Br2ClNO6PS/c1-24(2,3)23(30)33-13-34-35(31,32)21(19-12-36-20-5-4-17(27)11-18(19)20)22(29)28-7-6-14-8-15(25)10-16(26)9-14/h4-12,21H,13H2,1-3H3,(H,28,29)(H,31,32)/b7-6+. The molecule has 1 aromatic heterocycles. The number of halogens is 3. The van der Waals surface area contributed by atoms with Crippen molar-refractivity contribution in [1.29, 1.82) is 0 Å². The van der Waals surface area contributed by atoms with E-state index >= 15 is 0 Å². The molecule has 12 heteroatoms. The topological polar surface area (TPSA) is 102 Å². The Bertz CT molecular complexity index is 1350. The second-order valence-electron chi connectivity index (χ2n) is 8.77. The van der Waals surface area contributed by atoms with Crippen molar-refractivity contribution in [2.24, 2.45) is 5.41 Å². The molecule has 0 spiro atoms. The van der Waals surface area contributed by atoms with Gasteiger partial charge >= 0.3 is 13.6 Å². The highest BCUT2D eigenvalue weighted by Crippen LogP contribution is 2.58. The lowest BCUT2D eigenvalue weighted by Gasteiger charge is -2.22. The van der Waals surface area contributed by atoms with Gasteiger partial charge < -0.3 is 14.9 Å². The summed E-state index contributed by atoms with van der Waals surface area (Å²) in [6.45, 7) is 4.14. The monoisotopic (exact) mass is 677 g/mol. The van der Waals surface area contributed by atoms with E-state index in [1.165, 1.54) is 17.5 Å². The summed E-state index contributed by atoms with van der Waals surface area (Å²) in [6, 6.07) is 10.6. The predicted octanol–water partition coefficient (Wildman–Crippen LogP) is 7.66. The zero-order valence-corrected chi connectivity index (χ0v) is 25.1. The number of amides is 1. The number of ether oxygens (including phenoxy) is 1. The maximum absolute atomic E-state index is 13.4. The fraction of sp³-hybridized carbons (Fsp3) is 0.250. The predicted molar refractivity (Wildman–Crippen MR) is 150 cm³/mol. The molecule has 0 saturated carbocycles. The Labute approximate surface area is 234 Å². The lowest BCUT2D eigenvalue weighted by atomic mass is 9.98. The highest BCUT2D eigenvalue weighted by molar-refractivity contribution is 9.11. The number of benzene rings is 2. The minimum atomic E-state index is -4.68. The second kappa shape index (κ2) is 11.9. The Morgan fingerprint density at radius 1 is 1.19 bits per heavy atom. The number of nitrogens with one attached hydrogen (secondary N) is 1. The lowest BCUT2D eigenvalue weighted by molar-refractivity contribution is -0.159. The molecule has 3 aromatic rings. The normalized spacial score (nSPS) is 14.5. The Kier molecular flexibility index (Phi) is 9.60. The van der Waals surface area contributed by atoms with Crippen molar-refractivity contribution in [3.05, 3.63) is 73.1 Å². The number of rotatable bonds is 8. The minimum Gasteiger partial charge on any atom is -0.438 e. The SMILES string of the molecule is CC(C)(C)C(=O)OCOP(=O)(O)C(C(=O)N/C=C/c1cc(Br)cc(Br)c1)c1csc2ccc(Cl)cc12. The van der Waals surface area contributed by atoms with E-state index in [0.717, 1.165) is 19.2 Å². The van der Waals surface area contributed by atoms with Gasteiger partial charge in [-0.05, 0) is 85.1 Å². The molecule has 3 rings (SSSR count). The lowest BCUT2D eigenvalue weighted by Crippen LogP contribution is -2.27. The minimum absolute atomic E-state index is 0.279. The molecule has 7 nitrogen and oxygen atoms in total. The summed E-state index contributed by atoms with van der Waals surface area (Å²) >= 11 is 14.3. The molecule has 0 saturated heterocycles. The van der Waals surface area contributed by atoms with Crippen LogP contribution in [0.1, 0.15) is 37.6 Å². The van der Waals surface area contributed by atoms with Crippen LogP contribution in [0, 0.1) is 5.41 Å². The maximum Gasteiger partial charge on any atom is 0.347 e. The number of fused-ring (bicyclic) bond motifs is 1. The molecule has 1 amide bonds. The number of carbonyl (C=O) groups is 2. The Balaban J connectivity index is 1.90. The quantitative estimate of drug-likeness (QED) is 0.144. The zero-order chi connectivity index (χ0) is 26.7. The Morgan fingerprint density at radius 3 is 2.50 bits per heavy atom. The van der Waals surface area contributed by atoms with E-state index in [4.69, 9.17) is 20.9 Å². The number of esters is 1. The van der Waals surface area contributed by atoms with Crippen molar-refractivity contribution >= 4 is 90.4 Å². The molecule has 0 aliphatic heterocycles. The summed E-state index contributed by atoms with van der Waals surface area (Å²) in [5.74, 6) is -1.38. The Hall–Kier alpha value is -1.52. The summed E-state index contributed by atoms with van der Waals surface area (Å²) < 4.78 is 25.9. The first-order valence-electron chi connectivity index (χ1n) is 10.5. The van der Waals surface area contributed by atoms with Gasteiger partial charge in [0.2, 0.25) is 12.7 Å². The molecule has 36 heavy (non-hydrogen) atoms. The molecule has 2 aromatic carbocycles. The van der Waals surface area contributed by atoms with Crippen LogP contribution in [-0.2, 0) is 23.4 Å². The zero-order valence-electron chi connectivity index (χ0n) is 19.5. The molecular weight excluding hydrogens is 657 g/mol. The van der Waals surface area contributed by atoms with Crippen molar-refractivity contribution in [3.63, 3.8) is 0 Å². The van der Waals surface area contributed by atoms with Crippen LogP contribution in [-0.4, -0.2) is 23.6 Å². The van der Waals surface area contributed by atoms with Crippen LogP contribution in [0.5, 0.6) is 0 Å². The largest absolute Gasteiger partial charge is 0.438 e. The number of hydrogen-bond donors (Lipinski definition) is 2. The van der Waals surface area contributed by atoms with E-state index in [2.05, 4.69) is 37.2 Å². The van der Waals surface area contributed by atoms with E-state index in [1.807, 2.05) is 18.2 Å². The van der Waals surface area contributed by atoms with E-state index < -0.39 is 37.3 Å². The molecular formula is C24H23Br2ClNO6PS. The van der Waals surface area contributed by atoms with Crippen LogP contribution < -0.4 is 5.32 Å². The highest BCUT2D eigenvalue weighted by atomic mass is 79.9. The fourth-order valence-corrected chi connectivity index (χ4v) is 6.97. The highest BCUT2D eigenvalue weighted by Gasteiger charge is 2.42. The molecule has 0 fully saturated rings. The molecule has 1 heterocycles. The fourth-order valence-electron chi connectivity index (χ4n) is 3.11. The van der Waals surface area contributed by atoms with Gasteiger partial charge in [-0.2, -0.15) is 0 Å². The second-order valence-corrected chi connectivity index (χ2v) is 13.9. The molecule has 192 valence electrons.